The molecule has 0 saturated heterocycles. The normalized spacial score (nSPS) is 14.0. The van der Waals surface area contributed by atoms with Gasteiger partial charge in [0.25, 0.3) is 5.91 Å². The predicted octanol–water partition coefficient (Wildman–Crippen LogP) is 4.57. The van der Waals surface area contributed by atoms with E-state index in [2.05, 4.69) is 39.5 Å². The van der Waals surface area contributed by atoms with Crippen molar-refractivity contribution in [3.05, 3.63) is 81.4 Å². The monoisotopic (exact) mass is 377 g/mol. The molecule has 0 bridgehead atoms. The van der Waals surface area contributed by atoms with Gasteiger partial charge in [-0.2, -0.15) is 0 Å². The molecule has 2 heterocycles. The number of nitrogens with zero attached hydrogens (tertiary/aromatic N) is 2. The number of benzene rings is 2. The molecule has 0 unspecified atom stereocenters. The summed E-state index contributed by atoms with van der Waals surface area (Å²) < 4.78 is 0. The first-order valence-electron chi connectivity index (χ1n) is 9.22. The van der Waals surface area contributed by atoms with E-state index in [9.17, 15) is 4.79 Å². The number of anilines is 1. The molecule has 2 aromatic carbocycles. The van der Waals surface area contributed by atoms with Crippen LogP contribution in [0, 0.1) is 13.8 Å². The first-order valence-corrected chi connectivity index (χ1v) is 10.0. The maximum absolute atomic E-state index is 12.7. The Morgan fingerprint density at radius 1 is 1.15 bits per heavy atom. The van der Waals surface area contributed by atoms with Crippen LogP contribution in [0.4, 0.5) is 5.13 Å². The molecule has 0 atom stereocenters. The van der Waals surface area contributed by atoms with E-state index in [4.69, 9.17) is 0 Å². The summed E-state index contributed by atoms with van der Waals surface area (Å²) in [5, 5.41) is 3.70. The highest BCUT2D eigenvalue weighted by molar-refractivity contribution is 7.15. The minimum absolute atomic E-state index is 0.0801. The number of thiazole rings is 1. The van der Waals surface area contributed by atoms with Gasteiger partial charge in [-0.05, 0) is 36.6 Å². The van der Waals surface area contributed by atoms with Crippen molar-refractivity contribution in [3.8, 4) is 0 Å². The number of fused-ring (bicyclic) bond motifs is 1. The van der Waals surface area contributed by atoms with Crippen molar-refractivity contribution in [1.82, 2.24) is 9.88 Å². The lowest BCUT2D eigenvalue weighted by Crippen LogP contribution is -2.29. The summed E-state index contributed by atoms with van der Waals surface area (Å²) in [5.41, 5.74) is 5.31. The quantitative estimate of drug-likeness (QED) is 0.724. The van der Waals surface area contributed by atoms with Crippen molar-refractivity contribution >= 4 is 22.4 Å². The molecule has 1 aliphatic heterocycles. The molecule has 4 nitrogen and oxygen atoms in total. The lowest BCUT2D eigenvalue weighted by Gasteiger charge is -2.25. The van der Waals surface area contributed by atoms with Gasteiger partial charge in [-0.15, -0.1) is 11.3 Å². The third-order valence-corrected chi connectivity index (χ3v) is 6.13. The molecule has 1 aliphatic rings. The molecule has 5 heteroatoms. The van der Waals surface area contributed by atoms with Gasteiger partial charge in [0, 0.05) is 36.5 Å². The Labute approximate surface area is 163 Å². The van der Waals surface area contributed by atoms with Crippen molar-refractivity contribution in [2.75, 3.05) is 11.9 Å². The van der Waals surface area contributed by atoms with E-state index in [1.807, 2.05) is 38.1 Å². The fraction of sp³-hybridized carbons (Fsp3) is 0.273. The van der Waals surface area contributed by atoms with Gasteiger partial charge in [0.05, 0.1) is 5.69 Å². The lowest BCUT2D eigenvalue weighted by molar-refractivity contribution is 0.102. The Morgan fingerprint density at radius 2 is 1.96 bits per heavy atom. The number of aromatic nitrogens is 1. The number of rotatable bonds is 4. The topological polar surface area (TPSA) is 45.2 Å². The van der Waals surface area contributed by atoms with Crippen LogP contribution in [0.1, 0.15) is 37.6 Å². The molecule has 0 fully saturated rings. The molecule has 0 spiro atoms. The number of hydrogen-bond donors (Lipinski definition) is 1. The lowest BCUT2D eigenvalue weighted by atomic mass is 10.0. The molecular formula is C22H23N3OS. The Hall–Kier alpha value is -2.50. The minimum atomic E-state index is -0.0801. The number of carbonyl (C=O) groups is 1. The molecule has 1 aromatic heterocycles. The maximum Gasteiger partial charge on any atom is 0.257 e. The summed E-state index contributed by atoms with van der Waals surface area (Å²) in [4.78, 5) is 21.0. The van der Waals surface area contributed by atoms with Crippen molar-refractivity contribution in [3.63, 3.8) is 0 Å². The molecule has 1 amide bonds. The number of carbonyl (C=O) groups excluding carboxylic acids is 1. The van der Waals surface area contributed by atoms with E-state index in [1.165, 1.54) is 10.4 Å². The maximum atomic E-state index is 12.7. The Balaban J connectivity index is 1.45. The zero-order valence-corrected chi connectivity index (χ0v) is 16.5. The van der Waals surface area contributed by atoms with Crippen LogP contribution in [0.2, 0.25) is 0 Å². The summed E-state index contributed by atoms with van der Waals surface area (Å²) in [6, 6.07) is 16.4. The largest absolute Gasteiger partial charge is 0.298 e. The number of hydrogen-bond acceptors (Lipinski definition) is 4. The highest BCUT2D eigenvalue weighted by atomic mass is 32.1. The summed E-state index contributed by atoms with van der Waals surface area (Å²) in [7, 11) is 0. The molecule has 0 saturated carbocycles. The van der Waals surface area contributed by atoms with Crippen LogP contribution in [0.15, 0.2) is 48.5 Å². The summed E-state index contributed by atoms with van der Waals surface area (Å²) >= 11 is 1.60. The molecular weight excluding hydrogens is 354 g/mol. The van der Waals surface area contributed by atoms with Gasteiger partial charge in [-0.1, -0.05) is 42.5 Å². The van der Waals surface area contributed by atoms with Crippen molar-refractivity contribution in [2.45, 2.75) is 33.4 Å². The molecule has 3 aromatic rings. The van der Waals surface area contributed by atoms with E-state index in [-0.39, 0.29) is 5.91 Å². The molecule has 0 radical (unpaired) electrons. The van der Waals surface area contributed by atoms with Gasteiger partial charge in [-0.3, -0.25) is 15.0 Å². The van der Waals surface area contributed by atoms with Gasteiger partial charge >= 0.3 is 0 Å². The van der Waals surface area contributed by atoms with Crippen molar-refractivity contribution < 1.29 is 4.79 Å². The van der Waals surface area contributed by atoms with Crippen LogP contribution in [-0.4, -0.2) is 22.3 Å². The van der Waals surface area contributed by atoms with Crippen LogP contribution in [0.3, 0.4) is 0 Å². The Kier molecular flexibility index (Phi) is 5.05. The van der Waals surface area contributed by atoms with Crippen LogP contribution >= 0.6 is 11.3 Å². The molecule has 0 aliphatic carbocycles. The van der Waals surface area contributed by atoms with Crippen molar-refractivity contribution in [2.24, 2.45) is 0 Å². The number of nitrogens with one attached hydrogen (secondary N) is 1. The van der Waals surface area contributed by atoms with E-state index >= 15 is 0 Å². The molecule has 1 N–H and O–H groups in total. The zero-order chi connectivity index (χ0) is 18.8. The van der Waals surface area contributed by atoms with Gasteiger partial charge in [0.15, 0.2) is 5.13 Å². The average molecular weight is 378 g/mol. The second-order valence-electron chi connectivity index (χ2n) is 7.04. The fourth-order valence-corrected chi connectivity index (χ4v) is 4.49. The second-order valence-corrected chi connectivity index (χ2v) is 8.12. The van der Waals surface area contributed by atoms with E-state index < -0.39 is 0 Å². The first kappa shape index (κ1) is 17.9. The Morgan fingerprint density at radius 3 is 2.78 bits per heavy atom. The fourth-order valence-electron chi connectivity index (χ4n) is 3.44. The van der Waals surface area contributed by atoms with Crippen LogP contribution in [0.25, 0.3) is 0 Å². The smallest absolute Gasteiger partial charge is 0.257 e. The highest BCUT2D eigenvalue weighted by Gasteiger charge is 2.22. The second kappa shape index (κ2) is 7.62. The van der Waals surface area contributed by atoms with Gasteiger partial charge < -0.3 is 0 Å². The van der Waals surface area contributed by atoms with E-state index in [0.29, 0.717) is 10.7 Å². The van der Waals surface area contributed by atoms with E-state index in [1.54, 1.807) is 11.3 Å². The third kappa shape index (κ3) is 3.94. The van der Waals surface area contributed by atoms with Crippen LogP contribution in [-0.2, 0) is 19.5 Å². The zero-order valence-electron chi connectivity index (χ0n) is 15.7. The molecule has 27 heavy (non-hydrogen) atoms. The third-order valence-electron chi connectivity index (χ3n) is 5.13. The Bertz CT molecular complexity index is 965. The standard InChI is InChI=1S/C22H23N3OS/c1-15-7-6-10-18(16(15)2)21(26)24-22-23-19-11-12-25(14-20(19)27-22)13-17-8-4-3-5-9-17/h3-10H,11-14H2,1-2H3,(H,23,24,26). The van der Waals surface area contributed by atoms with Gasteiger partial charge in [0.2, 0.25) is 0 Å². The molecule has 4 rings (SSSR count). The first-order chi connectivity index (χ1) is 13.1. The van der Waals surface area contributed by atoms with Crippen LogP contribution < -0.4 is 5.32 Å². The van der Waals surface area contributed by atoms with Gasteiger partial charge in [-0.25, -0.2) is 4.98 Å². The van der Waals surface area contributed by atoms with E-state index in [0.717, 1.165) is 42.9 Å². The SMILES string of the molecule is Cc1cccc(C(=O)Nc2nc3c(s2)CN(Cc2ccccc2)CC3)c1C. The predicted molar refractivity (Wildman–Crippen MR) is 110 cm³/mol. The number of amides is 1. The number of aryl methyl sites for hydroxylation is 1. The summed E-state index contributed by atoms with van der Waals surface area (Å²) in [6.45, 7) is 6.84. The highest BCUT2D eigenvalue weighted by Crippen LogP contribution is 2.29. The summed E-state index contributed by atoms with van der Waals surface area (Å²) in [6.07, 6.45) is 0.929. The average Bonchev–Trinajstić information content (AvgIpc) is 3.06. The summed E-state index contributed by atoms with van der Waals surface area (Å²) in [5.74, 6) is -0.0801. The van der Waals surface area contributed by atoms with Crippen molar-refractivity contribution in [1.29, 1.82) is 0 Å². The van der Waals surface area contributed by atoms with Gasteiger partial charge in [0.1, 0.15) is 0 Å². The molecule has 138 valence electrons. The van der Waals surface area contributed by atoms with Crippen LogP contribution in [0.5, 0.6) is 0 Å². The minimum Gasteiger partial charge on any atom is -0.298 e.